The molecule has 0 spiro atoms. The van der Waals surface area contributed by atoms with Crippen molar-refractivity contribution < 1.29 is 9.53 Å². The first-order valence-electron chi connectivity index (χ1n) is 8.16. The standard InChI is InChI=1S/C20H20N2O2S2/c1-13-4-10-17(11-5-13)25-12-18(23)21-20-22-19(14(2)26-20)15-6-8-16(24-3)9-7-15/h4-11H,12H2,1-3H3,(H,21,22,23). The van der Waals surface area contributed by atoms with Crippen molar-refractivity contribution in [1.29, 1.82) is 0 Å². The number of methoxy groups -OCH3 is 1. The lowest BCUT2D eigenvalue weighted by atomic mass is 10.1. The van der Waals surface area contributed by atoms with Crippen molar-refractivity contribution >= 4 is 34.1 Å². The Bertz CT molecular complexity index is 887. The van der Waals surface area contributed by atoms with Gasteiger partial charge in [-0.3, -0.25) is 4.79 Å². The maximum atomic E-state index is 12.2. The molecule has 26 heavy (non-hydrogen) atoms. The van der Waals surface area contributed by atoms with Crippen LogP contribution in [0.15, 0.2) is 53.4 Å². The number of thiazole rings is 1. The fraction of sp³-hybridized carbons (Fsp3) is 0.200. The van der Waals surface area contributed by atoms with Gasteiger partial charge in [0.25, 0.3) is 0 Å². The number of hydrogen-bond donors (Lipinski definition) is 1. The van der Waals surface area contributed by atoms with Gasteiger partial charge >= 0.3 is 0 Å². The van der Waals surface area contributed by atoms with Crippen molar-refractivity contribution in [2.24, 2.45) is 0 Å². The summed E-state index contributed by atoms with van der Waals surface area (Å²) in [6.45, 7) is 4.06. The molecule has 134 valence electrons. The maximum absolute atomic E-state index is 12.2. The second-order valence-electron chi connectivity index (χ2n) is 5.80. The maximum Gasteiger partial charge on any atom is 0.236 e. The third-order valence-electron chi connectivity index (χ3n) is 3.80. The molecule has 3 aromatic rings. The topological polar surface area (TPSA) is 51.2 Å². The Labute approximate surface area is 161 Å². The van der Waals surface area contributed by atoms with Gasteiger partial charge in [0.15, 0.2) is 5.13 Å². The zero-order valence-electron chi connectivity index (χ0n) is 14.9. The van der Waals surface area contributed by atoms with Crippen molar-refractivity contribution in [2.45, 2.75) is 18.7 Å². The van der Waals surface area contributed by atoms with Crippen LogP contribution in [-0.2, 0) is 4.79 Å². The highest BCUT2D eigenvalue weighted by molar-refractivity contribution is 8.00. The number of aryl methyl sites for hydroxylation is 2. The molecule has 1 amide bonds. The molecular formula is C20H20N2O2S2. The number of amides is 1. The molecule has 2 aromatic carbocycles. The van der Waals surface area contributed by atoms with Gasteiger partial charge in [0.05, 0.1) is 18.6 Å². The van der Waals surface area contributed by atoms with Gasteiger partial charge in [0, 0.05) is 15.3 Å². The van der Waals surface area contributed by atoms with Crippen LogP contribution in [0.5, 0.6) is 5.75 Å². The summed E-state index contributed by atoms with van der Waals surface area (Å²) in [5, 5.41) is 3.53. The van der Waals surface area contributed by atoms with Crippen LogP contribution in [0.1, 0.15) is 10.4 Å². The summed E-state index contributed by atoms with van der Waals surface area (Å²) in [5.74, 6) is 1.12. The molecule has 0 aliphatic rings. The number of carbonyl (C=O) groups is 1. The first-order chi connectivity index (χ1) is 12.5. The number of ether oxygens (including phenoxy) is 1. The molecule has 0 aliphatic carbocycles. The van der Waals surface area contributed by atoms with Crippen LogP contribution in [-0.4, -0.2) is 23.8 Å². The lowest BCUT2D eigenvalue weighted by Gasteiger charge is -2.03. The van der Waals surface area contributed by atoms with Gasteiger partial charge < -0.3 is 10.1 Å². The Balaban J connectivity index is 1.62. The average Bonchev–Trinajstić information content (AvgIpc) is 3.01. The van der Waals surface area contributed by atoms with Crippen molar-refractivity contribution in [3.63, 3.8) is 0 Å². The highest BCUT2D eigenvalue weighted by Crippen LogP contribution is 2.31. The van der Waals surface area contributed by atoms with E-state index in [9.17, 15) is 4.79 Å². The second kappa shape index (κ2) is 8.38. The third kappa shape index (κ3) is 4.65. The fourth-order valence-corrected chi connectivity index (χ4v) is 3.96. The summed E-state index contributed by atoms with van der Waals surface area (Å²) in [6.07, 6.45) is 0. The molecule has 0 saturated carbocycles. The Morgan fingerprint density at radius 2 is 1.81 bits per heavy atom. The van der Waals surface area contributed by atoms with E-state index in [0.29, 0.717) is 10.9 Å². The van der Waals surface area contributed by atoms with Crippen LogP contribution in [0.2, 0.25) is 0 Å². The molecule has 0 aliphatic heterocycles. The summed E-state index contributed by atoms with van der Waals surface area (Å²) in [7, 11) is 1.64. The monoisotopic (exact) mass is 384 g/mol. The Morgan fingerprint density at radius 3 is 2.46 bits per heavy atom. The number of hydrogen-bond acceptors (Lipinski definition) is 5. The molecule has 0 fully saturated rings. The third-order valence-corrected chi connectivity index (χ3v) is 5.70. The fourth-order valence-electron chi connectivity index (χ4n) is 2.41. The Hall–Kier alpha value is -2.31. The van der Waals surface area contributed by atoms with Gasteiger partial charge in [-0.15, -0.1) is 23.1 Å². The van der Waals surface area contributed by atoms with E-state index in [1.807, 2.05) is 62.4 Å². The highest BCUT2D eigenvalue weighted by Gasteiger charge is 2.12. The molecule has 6 heteroatoms. The van der Waals surface area contributed by atoms with Crippen LogP contribution in [0.25, 0.3) is 11.3 Å². The second-order valence-corrected chi connectivity index (χ2v) is 8.05. The van der Waals surface area contributed by atoms with Crippen molar-refractivity contribution in [3.8, 4) is 17.0 Å². The minimum atomic E-state index is -0.0504. The zero-order valence-corrected chi connectivity index (χ0v) is 16.5. The number of rotatable bonds is 6. The molecule has 0 bridgehead atoms. The average molecular weight is 385 g/mol. The van der Waals surface area contributed by atoms with Crippen molar-refractivity contribution in [1.82, 2.24) is 4.98 Å². The molecule has 4 nitrogen and oxygen atoms in total. The summed E-state index contributed by atoms with van der Waals surface area (Å²) < 4.78 is 5.19. The van der Waals surface area contributed by atoms with E-state index < -0.39 is 0 Å². The molecule has 0 atom stereocenters. The smallest absolute Gasteiger partial charge is 0.236 e. The Kier molecular flexibility index (Phi) is 5.96. The number of thioether (sulfide) groups is 1. The number of nitrogens with zero attached hydrogens (tertiary/aromatic N) is 1. The largest absolute Gasteiger partial charge is 0.497 e. The first kappa shape index (κ1) is 18.5. The minimum Gasteiger partial charge on any atom is -0.497 e. The van der Waals surface area contributed by atoms with E-state index in [-0.39, 0.29) is 5.91 Å². The predicted molar refractivity (Wildman–Crippen MR) is 109 cm³/mol. The quantitative estimate of drug-likeness (QED) is 0.596. The Morgan fingerprint density at radius 1 is 1.12 bits per heavy atom. The van der Waals surface area contributed by atoms with Crippen LogP contribution in [0.3, 0.4) is 0 Å². The molecule has 1 N–H and O–H groups in total. The summed E-state index contributed by atoms with van der Waals surface area (Å²) in [4.78, 5) is 18.9. The van der Waals surface area contributed by atoms with Crippen molar-refractivity contribution in [2.75, 3.05) is 18.2 Å². The van der Waals surface area contributed by atoms with E-state index in [1.165, 1.54) is 28.7 Å². The molecule has 1 aromatic heterocycles. The van der Waals surface area contributed by atoms with E-state index in [2.05, 4.69) is 10.3 Å². The predicted octanol–water partition coefficient (Wildman–Crippen LogP) is 5.17. The first-order valence-corrected chi connectivity index (χ1v) is 9.96. The highest BCUT2D eigenvalue weighted by atomic mass is 32.2. The summed E-state index contributed by atoms with van der Waals surface area (Å²) in [5.41, 5.74) is 3.11. The zero-order chi connectivity index (χ0) is 18.5. The van der Waals surface area contributed by atoms with Gasteiger partial charge in [0.1, 0.15) is 5.75 Å². The molecule has 3 rings (SSSR count). The number of nitrogens with one attached hydrogen (secondary N) is 1. The summed E-state index contributed by atoms with van der Waals surface area (Å²) in [6, 6.07) is 15.9. The van der Waals surface area contributed by atoms with Crippen LogP contribution < -0.4 is 10.1 Å². The van der Waals surface area contributed by atoms with Crippen LogP contribution >= 0.6 is 23.1 Å². The van der Waals surface area contributed by atoms with Gasteiger partial charge in [-0.25, -0.2) is 4.98 Å². The lowest BCUT2D eigenvalue weighted by molar-refractivity contribution is -0.113. The van der Waals surface area contributed by atoms with Gasteiger partial charge in [-0.1, -0.05) is 17.7 Å². The van der Waals surface area contributed by atoms with E-state index in [4.69, 9.17) is 4.74 Å². The molecule has 1 heterocycles. The SMILES string of the molecule is COc1ccc(-c2nc(NC(=O)CSc3ccc(C)cc3)sc2C)cc1. The summed E-state index contributed by atoms with van der Waals surface area (Å²) >= 11 is 3.01. The van der Waals surface area contributed by atoms with Gasteiger partial charge in [-0.2, -0.15) is 0 Å². The number of aromatic nitrogens is 1. The number of carbonyl (C=O) groups excluding carboxylic acids is 1. The number of anilines is 1. The van der Waals surface area contributed by atoms with Crippen LogP contribution in [0.4, 0.5) is 5.13 Å². The van der Waals surface area contributed by atoms with Crippen molar-refractivity contribution in [3.05, 3.63) is 59.0 Å². The molecular weight excluding hydrogens is 364 g/mol. The minimum absolute atomic E-state index is 0.0504. The lowest BCUT2D eigenvalue weighted by Crippen LogP contribution is -2.13. The van der Waals surface area contributed by atoms with E-state index >= 15 is 0 Å². The number of benzene rings is 2. The normalized spacial score (nSPS) is 10.6. The van der Waals surface area contributed by atoms with E-state index in [1.54, 1.807) is 7.11 Å². The van der Waals surface area contributed by atoms with Gasteiger partial charge in [-0.05, 0) is 50.2 Å². The van der Waals surface area contributed by atoms with Gasteiger partial charge in [0.2, 0.25) is 5.91 Å². The van der Waals surface area contributed by atoms with E-state index in [0.717, 1.165) is 26.8 Å². The van der Waals surface area contributed by atoms with Crippen LogP contribution in [0, 0.1) is 13.8 Å². The molecule has 0 radical (unpaired) electrons. The molecule has 0 unspecified atom stereocenters. The molecule has 0 saturated heterocycles.